The van der Waals surface area contributed by atoms with Crippen molar-refractivity contribution in [2.24, 2.45) is 0 Å². The Hall–Kier alpha value is -3.81. The van der Waals surface area contributed by atoms with Gasteiger partial charge in [-0.05, 0) is 30.2 Å². The molecule has 33 heavy (non-hydrogen) atoms. The molecule has 0 N–H and O–H groups in total. The molecule has 3 aromatic heterocycles. The highest BCUT2D eigenvalue weighted by Crippen LogP contribution is 2.34. The first kappa shape index (κ1) is 21.1. The molecule has 0 saturated carbocycles. The lowest BCUT2D eigenvalue weighted by Gasteiger charge is -2.08. The minimum atomic E-state index is -2.92. The van der Waals surface area contributed by atoms with Gasteiger partial charge in [0.25, 0.3) is 0 Å². The molecule has 4 heterocycles. The van der Waals surface area contributed by atoms with E-state index in [1.54, 1.807) is 48.5 Å². The fraction of sp³-hybridized carbons (Fsp3) is 0.182. The minimum absolute atomic E-state index is 0.251. The molecule has 1 aromatic carbocycles. The molecule has 0 saturated heterocycles. The number of nitrogens with zero attached hydrogens (tertiary/aromatic N) is 6. The number of methoxy groups -OCH3 is 1. The summed E-state index contributed by atoms with van der Waals surface area (Å²) in [5.74, 6) is 7.35. The van der Waals surface area contributed by atoms with Gasteiger partial charge in [0.15, 0.2) is 11.6 Å². The third-order valence-electron chi connectivity index (χ3n) is 5.07. The third kappa shape index (κ3) is 4.04. The average molecular weight is 469 g/mol. The van der Waals surface area contributed by atoms with Crippen LogP contribution in [0.2, 0.25) is 5.02 Å². The monoisotopic (exact) mass is 468 g/mol. The summed E-state index contributed by atoms with van der Waals surface area (Å²) in [6, 6.07) is 8.86. The first-order chi connectivity index (χ1) is 16.0. The van der Waals surface area contributed by atoms with Crippen molar-refractivity contribution in [1.82, 2.24) is 29.3 Å². The number of aromatic nitrogens is 6. The average Bonchev–Trinajstić information content (AvgIpc) is 3.37. The number of ether oxygens (including phenoxy) is 2. The summed E-state index contributed by atoms with van der Waals surface area (Å²) in [6.07, 6.45) is 3.27. The van der Waals surface area contributed by atoms with Gasteiger partial charge in [-0.2, -0.15) is 8.78 Å². The fourth-order valence-corrected chi connectivity index (χ4v) is 3.71. The summed E-state index contributed by atoms with van der Waals surface area (Å²) >= 11 is 6.23. The Labute approximate surface area is 191 Å². The van der Waals surface area contributed by atoms with E-state index in [4.69, 9.17) is 16.3 Å². The quantitative estimate of drug-likeness (QED) is 0.374. The number of imidazole rings is 1. The van der Waals surface area contributed by atoms with Gasteiger partial charge in [-0.25, -0.2) is 9.97 Å². The largest absolute Gasteiger partial charge is 0.481 e. The molecule has 8 nitrogen and oxygen atoms in total. The highest BCUT2D eigenvalue weighted by molar-refractivity contribution is 6.31. The zero-order valence-corrected chi connectivity index (χ0v) is 17.9. The summed E-state index contributed by atoms with van der Waals surface area (Å²) in [7, 11) is 1.54. The van der Waals surface area contributed by atoms with Gasteiger partial charge >= 0.3 is 6.61 Å². The smallest absolute Gasteiger partial charge is 0.345 e. The predicted octanol–water partition coefficient (Wildman–Crippen LogP) is 3.69. The Morgan fingerprint density at radius 1 is 1.15 bits per heavy atom. The van der Waals surface area contributed by atoms with E-state index >= 15 is 0 Å². The number of fused-ring (bicyclic) bond motifs is 5. The first-order valence-electron chi connectivity index (χ1n) is 9.74. The van der Waals surface area contributed by atoms with Crippen LogP contribution in [0.25, 0.3) is 17.1 Å². The van der Waals surface area contributed by atoms with Crippen molar-refractivity contribution in [2.45, 2.75) is 19.8 Å². The van der Waals surface area contributed by atoms with Crippen molar-refractivity contribution in [3.8, 4) is 34.8 Å². The maximum absolute atomic E-state index is 12.7. The van der Waals surface area contributed by atoms with E-state index in [1.165, 1.54) is 0 Å². The maximum atomic E-state index is 12.7. The van der Waals surface area contributed by atoms with Crippen LogP contribution in [-0.4, -0.2) is 43.0 Å². The predicted molar refractivity (Wildman–Crippen MR) is 114 cm³/mol. The number of halogens is 3. The third-order valence-corrected chi connectivity index (χ3v) is 5.31. The summed E-state index contributed by atoms with van der Waals surface area (Å²) in [4.78, 5) is 8.62. The van der Waals surface area contributed by atoms with Crippen LogP contribution in [0, 0.1) is 11.8 Å². The van der Waals surface area contributed by atoms with Crippen LogP contribution in [0.4, 0.5) is 8.78 Å². The van der Waals surface area contributed by atoms with Crippen LogP contribution < -0.4 is 4.74 Å². The lowest BCUT2D eigenvalue weighted by atomic mass is 10.1. The Morgan fingerprint density at radius 3 is 2.79 bits per heavy atom. The lowest BCUT2D eigenvalue weighted by Crippen LogP contribution is -2.11. The number of alkyl halides is 2. The van der Waals surface area contributed by atoms with Crippen molar-refractivity contribution in [3.05, 3.63) is 70.7 Å². The second-order valence-electron chi connectivity index (χ2n) is 7.01. The molecule has 0 radical (unpaired) electrons. The number of pyridine rings is 1. The summed E-state index contributed by atoms with van der Waals surface area (Å²) in [5, 5.41) is 8.79. The van der Waals surface area contributed by atoms with Gasteiger partial charge < -0.3 is 14.0 Å². The van der Waals surface area contributed by atoms with Crippen LogP contribution in [0.15, 0.2) is 42.9 Å². The van der Waals surface area contributed by atoms with Crippen molar-refractivity contribution >= 4 is 11.6 Å². The summed E-state index contributed by atoms with van der Waals surface area (Å²) in [6.45, 7) is -3.06. The number of hydrogen-bond acceptors (Lipinski definition) is 6. The van der Waals surface area contributed by atoms with Gasteiger partial charge in [-0.3, -0.25) is 4.57 Å². The molecular formula is C22H15ClF2N6O2. The molecule has 0 aliphatic carbocycles. The highest BCUT2D eigenvalue weighted by Gasteiger charge is 2.26. The second-order valence-corrected chi connectivity index (χ2v) is 7.44. The fourth-order valence-electron chi connectivity index (χ4n) is 3.54. The van der Waals surface area contributed by atoms with Crippen LogP contribution >= 0.6 is 11.6 Å². The second kappa shape index (κ2) is 8.61. The van der Waals surface area contributed by atoms with Crippen LogP contribution in [0.3, 0.4) is 0 Å². The topological polar surface area (TPSA) is 79.9 Å². The molecule has 0 atom stereocenters. The van der Waals surface area contributed by atoms with Crippen LogP contribution in [-0.2, 0) is 17.9 Å². The molecule has 0 spiro atoms. The Morgan fingerprint density at radius 2 is 2.03 bits per heavy atom. The van der Waals surface area contributed by atoms with Gasteiger partial charge in [-0.15, -0.1) is 10.2 Å². The molecule has 0 amide bonds. The SMILES string of the molecule is COc1ccc(C#Cc2ncn3c2Cn2c(COC(F)F)nnc2-c2cc(Cl)ccc2-3)cn1. The summed E-state index contributed by atoms with van der Waals surface area (Å²) < 4.78 is 38.4. The van der Waals surface area contributed by atoms with E-state index in [0.717, 1.165) is 11.4 Å². The lowest BCUT2D eigenvalue weighted by molar-refractivity contribution is -0.139. The van der Waals surface area contributed by atoms with Gasteiger partial charge in [-0.1, -0.05) is 17.5 Å². The minimum Gasteiger partial charge on any atom is -0.481 e. The van der Waals surface area contributed by atoms with Gasteiger partial charge in [0.05, 0.1) is 25.0 Å². The molecule has 0 unspecified atom stereocenters. The van der Waals surface area contributed by atoms with E-state index < -0.39 is 13.2 Å². The number of rotatable bonds is 4. The number of benzene rings is 1. The zero-order chi connectivity index (χ0) is 22.9. The Balaban J connectivity index is 1.60. The first-order valence-corrected chi connectivity index (χ1v) is 10.1. The molecular weight excluding hydrogens is 454 g/mol. The van der Waals surface area contributed by atoms with Crippen molar-refractivity contribution in [3.63, 3.8) is 0 Å². The van der Waals surface area contributed by atoms with Gasteiger partial charge in [0, 0.05) is 28.4 Å². The molecule has 166 valence electrons. The van der Waals surface area contributed by atoms with Crippen molar-refractivity contribution < 1.29 is 18.3 Å². The molecule has 1 aliphatic rings. The van der Waals surface area contributed by atoms with Gasteiger partial charge in [0.2, 0.25) is 5.88 Å². The van der Waals surface area contributed by atoms with E-state index in [2.05, 4.69) is 36.7 Å². The maximum Gasteiger partial charge on any atom is 0.345 e. The standard InChI is InChI=1S/C22H15ClF2N6O2/c1-32-20-7-3-13(9-26-20)2-5-16-18-10-30-19(11-33-22(24)25)28-29-21(30)15-8-14(23)4-6-17(15)31(18)12-27-16/h3-4,6-9,12,22H,10-11H2,1H3. The van der Waals surface area contributed by atoms with Crippen LogP contribution in [0.1, 0.15) is 22.8 Å². The van der Waals surface area contributed by atoms with Crippen LogP contribution in [0.5, 0.6) is 5.88 Å². The zero-order valence-electron chi connectivity index (χ0n) is 17.2. The van der Waals surface area contributed by atoms with Crippen molar-refractivity contribution in [1.29, 1.82) is 0 Å². The Kier molecular flexibility index (Phi) is 5.50. The normalized spacial score (nSPS) is 11.8. The summed E-state index contributed by atoms with van der Waals surface area (Å²) in [5.41, 5.74) is 3.41. The van der Waals surface area contributed by atoms with E-state index in [1.807, 2.05) is 10.6 Å². The molecule has 1 aliphatic heterocycles. The Bertz CT molecular complexity index is 1390. The highest BCUT2D eigenvalue weighted by atomic mass is 35.5. The molecule has 11 heteroatoms. The van der Waals surface area contributed by atoms with Crippen molar-refractivity contribution in [2.75, 3.05) is 7.11 Å². The van der Waals surface area contributed by atoms with Gasteiger partial charge in [0.1, 0.15) is 18.6 Å². The molecule has 4 aromatic rings. The number of hydrogen-bond donors (Lipinski definition) is 0. The van der Waals surface area contributed by atoms with E-state index in [9.17, 15) is 8.78 Å². The molecule has 0 fully saturated rings. The van der Waals surface area contributed by atoms with E-state index in [0.29, 0.717) is 33.5 Å². The molecule has 5 rings (SSSR count). The van der Waals surface area contributed by atoms with E-state index in [-0.39, 0.29) is 12.4 Å². The molecule has 0 bridgehead atoms.